The first-order valence-electron chi connectivity index (χ1n) is 10.9. The molecule has 0 unspecified atom stereocenters. The number of benzene rings is 2. The first-order chi connectivity index (χ1) is 14.2. The van der Waals surface area contributed by atoms with E-state index < -0.39 is 6.04 Å². The monoisotopic (exact) mass is 408 g/mol. The van der Waals surface area contributed by atoms with E-state index >= 15 is 0 Å². The molecule has 2 aromatic carbocycles. The maximum absolute atomic E-state index is 13.2. The number of nitrogens with one attached hydrogen (secondary N) is 1. The van der Waals surface area contributed by atoms with Crippen LogP contribution in [-0.4, -0.2) is 34.8 Å². The van der Waals surface area contributed by atoms with Gasteiger partial charge in [0.15, 0.2) is 0 Å². The van der Waals surface area contributed by atoms with E-state index in [0.29, 0.717) is 25.8 Å². The SMILES string of the molecule is CC[C@H](C(=O)NC(C)(C)C)N(CCc1ccccc1)C(=O)CCc1ccc(C)cc1. The number of rotatable bonds is 9. The van der Waals surface area contributed by atoms with E-state index in [0.717, 1.165) is 12.0 Å². The molecule has 0 aliphatic carbocycles. The second-order valence-electron chi connectivity index (χ2n) is 8.97. The zero-order valence-corrected chi connectivity index (χ0v) is 19.1. The molecule has 0 radical (unpaired) electrons. The lowest BCUT2D eigenvalue weighted by atomic mass is 10.0. The molecule has 0 saturated carbocycles. The van der Waals surface area contributed by atoms with Gasteiger partial charge in [-0.2, -0.15) is 0 Å². The molecule has 0 saturated heterocycles. The van der Waals surface area contributed by atoms with Crippen molar-refractivity contribution in [2.24, 2.45) is 0 Å². The van der Waals surface area contributed by atoms with Crippen molar-refractivity contribution >= 4 is 11.8 Å². The fourth-order valence-electron chi connectivity index (χ4n) is 3.50. The van der Waals surface area contributed by atoms with Crippen LogP contribution >= 0.6 is 0 Å². The predicted molar refractivity (Wildman–Crippen MR) is 123 cm³/mol. The summed E-state index contributed by atoms with van der Waals surface area (Å²) in [5, 5.41) is 3.05. The summed E-state index contributed by atoms with van der Waals surface area (Å²) >= 11 is 0. The van der Waals surface area contributed by atoms with E-state index in [1.54, 1.807) is 4.90 Å². The minimum atomic E-state index is -0.460. The van der Waals surface area contributed by atoms with Gasteiger partial charge in [-0.25, -0.2) is 0 Å². The molecule has 2 aromatic rings. The Hall–Kier alpha value is -2.62. The fourth-order valence-corrected chi connectivity index (χ4v) is 3.50. The zero-order chi connectivity index (χ0) is 22.1. The van der Waals surface area contributed by atoms with Gasteiger partial charge in [0.2, 0.25) is 11.8 Å². The van der Waals surface area contributed by atoms with Crippen molar-refractivity contribution in [3.05, 3.63) is 71.3 Å². The molecule has 1 N–H and O–H groups in total. The van der Waals surface area contributed by atoms with Crippen LogP contribution in [0.4, 0.5) is 0 Å². The number of hydrogen-bond donors (Lipinski definition) is 1. The van der Waals surface area contributed by atoms with Crippen LogP contribution in [0, 0.1) is 6.92 Å². The van der Waals surface area contributed by atoms with Crippen LogP contribution in [0.2, 0.25) is 0 Å². The van der Waals surface area contributed by atoms with Gasteiger partial charge in [-0.1, -0.05) is 67.1 Å². The van der Waals surface area contributed by atoms with Crippen molar-refractivity contribution in [2.75, 3.05) is 6.54 Å². The van der Waals surface area contributed by atoms with Gasteiger partial charge in [-0.3, -0.25) is 9.59 Å². The summed E-state index contributed by atoms with van der Waals surface area (Å²) in [4.78, 5) is 28.0. The van der Waals surface area contributed by atoms with Crippen LogP contribution < -0.4 is 5.32 Å². The van der Waals surface area contributed by atoms with Gasteiger partial charge in [0.25, 0.3) is 0 Å². The Kier molecular flexibility index (Phi) is 8.64. The molecule has 0 fully saturated rings. The highest BCUT2D eigenvalue weighted by Crippen LogP contribution is 2.14. The molecular weight excluding hydrogens is 372 g/mol. The Morgan fingerprint density at radius 3 is 2.10 bits per heavy atom. The van der Waals surface area contributed by atoms with Gasteiger partial charge in [0, 0.05) is 18.5 Å². The van der Waals surface area contributed by atoms with Gasteiger partial charge >= 0.3 is 0 Å². The van der Waals surface area contributed by atoms with Gasteiger partial charge in [0.05, 0.1) is 0 Å². The Morgan fingerprint density at radius 1 is 0.933 bits per heavy atom. The van der Waals surface area contributed by atoms with E-state index in [1.165, 1.54) is 11.1 Å². The minimum Gasteiger partial charge on any atom is -0.350 e. The molecule has 2 amide bonds. The number of aryl methyl sites for hydroxylation is 2. The maximum Gasteiger partial charge on any atom is 0.243 e. The standard InChI is InChI=1S/C26H36N2O2/c1-6-23(25(30)27-26(3,4)5)28(19-18-21-10-8-7-9-11-21)24(29)17-16-22-14-12-20(2)13-15-22/h7-15,23H,6,16-19H2,1-5H3,(H,27,30)/t23-/m1/s1. The van der Waals surface area contributed by atoms with E-state index in [9.17, 15) is 9.59 Å². The lowest BCUT2D eigenvalue weighted by Crippen LogP contribution is -2.54. The van der Waals surface area contributed by atoms with Gasteiger partial charge in [-0.05, 0) is 58.1 Å². The van der Waals surface area contributed by atoms with E-state index in [2.05, 4.69) is 48.6 Å². The summed E-state index contributed by atoms with van der Waals surface area (Å²) in [7, 11) is 0. The van der Waals surface area contributed by atoms with Crippen LogP contribution in [-0.2, 0) is 22.4 Å². The third-order valence-corrected chi connectivity index (χ3v) is 5.12. The van der Waals surface area contributed by atoms with Crippen molar-refractivity contribution in [1.29, 1.82) is 0 Å². The first-order valence-corrected chi connectivity index (χ1v) is 10.9. The molecule has 2 rings (SSSR count). The normalized spacial score (nSPS) is 12.3. The van der Waals surface area contributed by atoms with Crippen molar-refractivity contribution in [2.45, 2.75) is 71.9 Å². The molecular formula is C26H36N2O2. The van der Waals surface area contributed by atoms with Crippen molar-refractivity contribution in [1.82, 2.24) is 10.2 Å². The molecule has 0 aliphatic rings. The summed E-state index contributed by atoms with van der Waals surface area (Å²) in [5.41, 5.74) is 3.18. The second-order valence-corrected chi connectivity index (χ2v) is 8.97. The molecule has 0 aromatic heterocycles. The largest absolute Gasteiger partial charge is 0.350 e. The highest BCUT2D eigenvalue weighted by Gasteiger charge is 2.30. The molecule has 30 heavy (non-hydrogen) atoms. The molecule has 0 bridgehead atoms. The average Bonchev–Trinajstić information content (AvgIpc) is 2.69. The Balaban J connectivity index is 2.14. The molecule has 0 aliphatic heterocycles. The Morgan fingerprint density at radius 2 is 1.53 bits per heavy atom. The summed E-state index contributed by atoms with van der Waals surface area (Å²) in [6.07, 6.45) is 2.40. The van der Waals surface area contributed by atoms with Crippen molar-refractivity contribution in [3.63, 3.8) is 0 Å². The van der Waals surface area contributed by atoms with Gasteiger partial charge in [0.1, 0.15) is 6.04 Å². The number of nitrogens with zero attached hydrogens (tertiary/aromatic N) is 1. The highest BCUT2D eigenvalue weighted by atomic mass is 16.2. The molecule has 162 valence electrons. The molecule has 1 atom stereocenters. The first kappa shape index (κ1) is 23.7. The lowest BCUT2D eigenvalue weighted by molar-refractivity contribution is -0.141. The number of amides is 2. The van der Waals surface area contributed by atoms with E-state index in [-0.39, 0.29) is 17.4 Å². The van der Waals surface area contributed by atoms with Crippen molar-refractivity contribution in [3.8, 4) is 0 Å². The number of carbonyl (C=O) groups excluding carboxylic acids is 2. The minimum absolute atomic E-state index is 0.0300. The van der Waals surface area contributed by atoms with Crippen LogP contribution in [0.3, 0.4) is 0 Å². The molecule has 0 spiro atoms. The van der Waals surface area contributed by atoms with Crippen molar-refractivity contribution < 1.29 is 9.59 Å². The number of carbonyl (C=O) groups is 2. The Labute approximate surface area is 181 Å². The summed E-state index contributed by atoms with van der Waals surface area (Å²) in [6.45, 7) is 10.4. The molecule has 0 heterocycles. The molecule has 4 nitrogen and oxygen atoms in total. The van der Waals surface area contributed by atoms with Gasteiger partial charge < -0.3 is 10.2 Å². The smallest absolute Gasteiger partial charge is 0.243 e. The van der Waals surface area contributed by atoms with E-state index in [1.807, 2.05) is 45.9 Å². The quantitative estimate of drug-likeness (QED) is 0.654. The van der Waals surface area contributed by atoms with Crippen LogP contribution in [0.25, 0.3) is 0 Å². The fraction of sp³-hybridized carbons (Fsp3) is 0.462. The zero-order valence-electron chi connectivity index (χ0n) is 19.1. The van der Waals surface area contributed by atoms with Gasteiger partial charge in [-0.15, -0.1) is 0 Å². The summed E-state index contributed by atoms with van der Waals surface area (Å²) in [5.74, 6) is -0.0517. The lowest BCUT2D eigenvalue weighted by Gasteiger charge is -2.33. The number of hydrogen-bond acceptors (Lipinski definition) is 2. The van der Waals surface area contributed by atoms with Crippen LogP contribution in [0.1, 0.15) is 57.2 Å². The maximum atomic E-state index is 13.2. The topological polar surface area (TPSA) is 49.4 Å². The van der Waals surface area contributed by atoms with E-state index in [4.69, 9.17) is 0 Å². The third-order valence-electron chi connectivity index (χ3n) is 5.12. The summed E-state index contributed by atoms with van der Waals surface area (Å²) < 4.78 is 0. The van der Waals surface area contributed by atoms with Crippen LogP contribution in [0.15, 0.2) is 54.6 Å². The average molecular weight is 409 g/mol. The summed E-state index contributed by atoms with van der Waals surface area (Å²) in [6, 6.07) is 17.9. The van der Waals surface area contributed by atoms with Crippen LogP contribution in [0.5, 0.6) is 0 Å². The predicted octanol–water partition coefficient (Wildman–Crippen LogP) is 4.69. The third kappa shape index (κ3) is 7.66. The molecule has 4 heteroatoms. The second kappa shape index (κ2) is 11.0. The Bertz CT molecular complexity index is 807. The highest BCUT2D eigenvalue weighted by molar-refractivity contribution is 5.88.